The molecule has 0 unspecified atom stereocenters. The van der Waals surface area contributed by atoms with Crippen LogP contribution >= 0.6 is 11.6 Å². The van der Waals surface area contributed by atoms with Crippen LogP contribution in [0.25, 0.3) is 0 Å². The van der Waals surface area contributed by atoms with Gasteiger partial charge in [-0.05, 0) is 26.4 Å². The number of aryl methyl sites for hydroxylation is 1. The summed E-state index contributed by atoms with van der Waals surface area (Å²) in [6, 6.07) is 0. The minimum Gasteiger partial charge on any atom is -0.372 e. The second kappa shape index (κ2) is 7.38. The molecular weight excluding hydrogens is 252 g/mol. The third-order valence-electron chi connectivity index (χ3n) is 2.73. The Labute approximate surface area is 113 Å². The molecule has 0 aromatic carbocycles. The zero-order valence-corrected chi connectivity index (χ0v) is 12.0. The first-order valence-electron chi connectivity index (χ1n) is 6.23. The van der Waals surface area contributed by atoms with E-state index in [1.165, 1.54) is 4.68 Å². The second-order valence-corrected chi connectivity index (χ2v) is 4.63. The van der Waals surface area contributed by atoms with Gasteiger partial charge in [0.15, 0.2) is 0 Å². The van der Waals surface area contributed by atoms with E-state index in [0.717, 1.165) is 25.9 Å². The van der Waals surface area contributed by atoms with E-state index in [9.17, 15) is 4.79 Å². The Hall–Kier alpha value is -1.07. The van der Waals surface area contributed by atoms with Crippen LogP contribution in [0.4, 0.5) is 5.69 Å². The van der Waals surface area contributed by atoms with E-state index >= 15 is 0 Å². The topological polar surface area (TPSA) is 50.2 Å². The minimum atomic E-state index is -0.212. The normalized spacial score (nSPS) is 10.7. The summed E-state index contributed by atoms with van der Waals surface area (Å²) in [5.41, 5.74) is 0.488. The molecule has 6 heteroatoms. The fraction of sp³-hybridized carbons (Fsp3) is 0.667. The fourth-order valence-corrected chi connectivity index (χ4v) is 2.00. The molecule has 1 heterocycles. The minimum absolute atomic E-state index is 0.212. The van der Waals surface area contributed by atoms with Gasteiger partial charge < -0.3 is 10.2 Å². The molecule has 18 heavy (non-hydrogen) atoms. The number of anilines is 1. The highest BCUT2D eigenvalue weighted by Crippen LogP contribution is 2.19. The molecule has 0 saturated carbocycles. The first-order valence-corrected chi connectivity index (χ1v) is 6.61. The number of nitrogens with zero attached hydrogens (tertiary/aromatic N) is 3. The van der Waals surface area contributed by atoms with Crippen molar-refractivity contribution in [1.29, 1.82) is 0 Å². The Bertz CT molecular complexity index is 433. The smallest absolute Gasteiger partial charge is 0.287 e. The summed E-state index contributed by atoms with van der Waals surface area (Å²) in [6.07, 6.45) is 3.51. The molecule has 0 atom stereocenters. The van der Waals surface area contributed by atoms with Crippen LogP contribution in [-0.2, 0) is 6.54 Å². The maximum absolute atomic E-state index is 11.9. The summed E-state index contributed by atoms with van der Waals surface area (Å²) in [4.78, 5) is 13.9. The second-order valence-electron chi connectivity index (χ2n) is 4.25. The highest BCUT2D eigenvalue weighted by atomic mass is 35.5. The van der Waals surface area contributed by atoms with Crippen LogP contribution in [0.2, 0.25) is 5.02 Å². The van der Waals surface area contributed by atoms with Gasteiger partial charge in [0.05, 0.1) is 11.9 Å². The number of hydrogen-bond acceptors (Lipinski definition) is 4. The summed E-state index contributed by atoms with van der Waals surface area (Å²) in [6.45, 7) is 4.36. The molecule has 0 amide bonds. The van der Waals surface area contributed by atoms with Crippen molar-refractivity contribution in [1.82, 2.24) is 15.1 Å². The van der Waals surface area contributed by atoms with Crippen molar-refractivity contribution in [3.8, 4) is 0 Å². The zero-order chi connectivity index (χ0) is 13.5. The number of nitrogens with one attached hydrogen (secondary N) is 1. The molecule has 0 aliphatic carbocycles. The quantitative estimate of drug-likeness (QED) is 0.762. The molecule has 0 spiro atoms. The summed E-state index contributed by atoms with van der Waals surface area (Å²) >= 11 is 6.11. The van der Waals surface area contributed by atoms with Gasteiger partial charge >= 0.3 is 0 Å². The molecule has 5 nitrogen and oxygen atoms in total. The lowest BCUT2D eigenvalue weighted by atomic mass is 10.3. The molecule has 0 aliphatic rings. The summed E-state index contributed by atoms with van der Waals surface area (Å²) in [5.74, 6) is 0. The van der Waals surface area contributed by atoms with Gasteiger partial charge in [-0.15, -0.1) is 0 Å². The molecular formula is C12H21ClN4O. The number of rotatable bonds is 7. The first-order chi connectivity index (χ1) is 8.61. The average Bonchev–Trinajstić information content (AvgIpc) is 2.35. The molecule has 0 saturated heterocycles. The van der Waals surface area contributed by atoms with Crippen molar-refractivity contribution in [3.05, 3.63) is 21.6 Å². The van der Waals surface area contributed by atoms with E-state index in [2.05, 4.69) is 10.4 Å². The SMILES string of the molecule is CCCn1ncc(N(C)CCCNC)c(Cl)c1=O. The largest absolute Gasteiger partial charge is 0.372 e. The highest BCUT2D eigenvalue weighted by molar-refractivity contribution is 6.33. The van der Waals surface area contributed by atoms with Gasteiger partial charge in [-0.25, -0.2) is 4.68 Å². The van der Waals surface area contributed by atoms with Crippen LogP contribution in [0.5, 0.6) is 0 Å². The van der Waals surface area contributed by atoms with Gasteiger partial charge in [-0.2, -0.15) is 5.10 Å². The third-order valence-corrected chi connectivity index (χ3v) is 3.09. The van der Waals surface area contributed by atoms with Crippen LogP contribution in [0, 0.1) is 0 Å². The lowest BCUT2D eigenvalue weighted by Gasteiger charge is -2.20. The van der Waals surface area contributed by atoms with Crippen molar-refractivity contribution in [2.24, 2.45) is 0 Å². The van der Waals surface area contributed by atoms with E-state index in [1.54, 1.807) is 6.20 Å². The number of hydrogen-bond donors (Lipinski definition) is 1. The fourth-order valence-electron chi connectivity index (χ4n) is 1.71. The van der Waals surface area contributed by atoms with E-state index in [4.69, 9.17) is 11.6 Å². The zero-order valence-electron chi connectivity index (χ0n) is 11.2. The van der Waals surface area contributed by atoms with Gasteiger partial charge in [0, 0.05) is 20.1 Å². The standard InChI is InChI=1S/C12H21ClN4O/c1-4-7-17-12(18)11(13)10(9-15-17)16(3)8-5-6-14-2/h9,14H,4-8H2,1-3H3. The predicted octanol–water partition coefficient (Wildman–Crippen LogP) is 1.35. The summed E-state index contributed by atoms with van der Waals surface area (Å²) in [5, 5.41) is 7.48. The Balaban J connectivity index is 2.84. The molecule has 1 N–H and O–H groups in total. The van der Waals surface area contributed by atoms with E-state index in [0.29, 0.717) is 12.2 Å². The number of aromatic nitrogens is 2. The van der Waals surface area contributed by atoms with Crippen molar-refractivity contribution < 1.29 is 0 Å². The highest BCUT2D eigenvalue weighted by Gasteiger charge is 2.12. The summed E-state index contributed by atoms with van der Waals surface area (Å²) < 4.78 is 1.41. The monoisotopic (exact) mass is 272 g/mol. The Kier molecular flexibility index (Phi) is 6.15. The van der Waals surface area contributed by atoms with Crippen molar-refractivity contribution >= 4 is 17.3 Å². The summed E-state index contributed by atoms with van der Waals surface area (Å²) in [7, 11) is 3.84. The molecule has 0 bridgehead atoms. The molecule has 102 valence electrons. The van der Waals surface area contributed by atoms with E-state index in [-0.39, 0.29) is 10.6 Å². The van der Waals surface area contributed by atoms with Crippen molar-refractivity contribution in [2.45, 2.75) is 26.3 Å². The van der Waals surface area contributed by atoms with Crippen molar-refractivity contribution in [2.75, 3.05) is 32.1 Å². The van der Waals surface area contributed by atoms with E-state index in [1.807, 2.05) is 25.9 Å². The van der Waals surface area contributed by atoms with Crippen LogP contribution in [0.15, 0.2) is 11.0 Å². The van der Waals surface area contributed by atoms with Crippen LogP contribution in [0.1, 0.15) is 19.8 Å². The molecule has 1 aromatic rings. The molecule has 1 aromatic heterocycles. The Morgan fingerprint density at radius 2 is 2.28 bits per heavy atom. The van der Waals surface area contributed by atoms with Crippen LogP contribution in [0.3, 0.4) is 0 Å². The molecule has 0 radical (unpaired) electrons. The molecule has 0 fully saturated rings. The van der Waals surface area contributed by atoms with Gasteiger partial charge in [-0.1, -0.05) is 18.5 Å². The lowest BCUT2D eigenvalue weighted by Crippen LogP contribution is -2.28. The maximum Gasteiger partial charge on any atom is 0.287 e. The number of halogens is 1. The van der Waals surface area contributed by atoms with Gasteiger partial charge in [0.2, 0.25) is 0 Å². The third kappa shape index (κ3) is 3.71. The molecule has 0 aliphatic heterocycles. The molecule has 1 rings (SSSR count). The maximum atomic E-state index is 11.9. The Morgan fingerprint density at radius 3 is 2.89 bits per heavy atom. The van der Waals surface area contributed by atoms with Gasteiger partial charge in [0.25, 0.3) is 5.56 Å². The predicted molar refractivity (Wildman–Crippen MR) is 75.6 cm³/mol. The Morgan fingerprint density at radius 1 is 1.56 bits per heavy atom. The van der Waals surface area contributed by atoms with Crippen LogP contribution in [-0.4, -0.2) is 37.0 Å². The van der Waals surface area contributed by atoms with Crippen molar-refractivity contribution in [3.63, 3.8) is 0 Å². The lowest BCUT2D eigenvalue weighted by molar-refractivity contribution is 0.567. The average molecular weight is 273 g/mol. The van der Waals surface area contributed by atoms with Crippen LogP contribution < -0.4 is 15.8 Å². The van der Waals surface area contributed by atoms with E-state index < -0.39 is 0 Å². The first kappa shape index (κ1) is 15.0. The van der Waals surface area contributed by atoms with Gasteiger partial charge in [0.1, 0.15) is 5.02 Å². The van der Waals surface area contributed by atoms with Gasteiger partial charge in [-0.3, -0.25) is 4.79 Å².